The first-order chi connectivity index (χ1) is 14.9. The number of methoxy groups -OCH3 is 1. The van der Waals surface area contributed by atoms with Gasteiger partial charge in [-0.15, -0.1) is 0 Å². The highest BCUT2D eigenvalue weighted by atomic mass is 35.5. The molecular weight excluding hydrogens is 435 g/mol. The minimum atomic E-state index is -0.348. The molecule has 7 heteroatoms. The zero-order chi connectivity index (χ0) is 22.1. The smallest absolute Gasteiger partial charge is 0.293 e. The number of carbonyl (C=O) groups is 1. The number of aromatic nitrogens is 1. The van der Waals surface area contributed by atoms with Crippen molar-refractivity contribution < 1.29 is 9.53 Å². The molecule has 1 amide bonds. The quantitative estimate of drug-likeness (QED) is 0.593. The summed E-state index contributed by atoms with van der Waals surface area (Å²) in [6.45, 7) is 0. The van der Waals surface area contributed by atoms with Crippen LogP contribution in [0.4, 0.5) is 0 Å². The number of carbonyl (C=O) groups excluding carboxylic acids is 1. The number of pyridine rings is 1. The highest BCUT2D eigenvalue weighted by molar-refractivity contribution is 6.42. The third-order valence-corrected chi connectivity index (χ3v) is 6.55. The van der Waals surface area contributed by atoms with Crippen LogP contribution < -0.4 is 15.6 Å². The van der Waals surface area contributed by atoms with Crippen LogP contribution in [0, 0.1) is 0 Å². The lowest BCUT2D eigenvalue weighted by atomic mass is 9.76. The summed E-state index contributed by atoms with van der Waals surface area (Å²) >= 11 is 12.3. The third-order valence-electron chi connectivity index (χ3n) is 5.81. The molecule has 2 atom stereocenters. The predicted molar refractivity (Wildman–Crippen MR) is 122 cm³/mol. The Bertz CT molecular complexity index is 1210. The van der Waals surface area contributed by atoms with E-state index in [1.807, 2.05) is 36.4 Å². The summed E-state index contributed by atoms with van der Waals surface area (Å²) in [6.07, 6.45) is 3.16. The van der Waals surface area contributed by atoms with Crippen molar-refractivity contribution in [3.63, 3.8) is 0 Å². The Morgan fingerprint density at radius 3 is 2.52 bits per heavy atom. The van der Waals surface area contributed by atoms with E-state index in [1.165, 1.54) is 11.7 Å². The molecule has 5 nitrogen and oxygen atoms in total. The normalized spacial score (nSPS) is 17.7. The first-order valence-electron chi connectivity index (χ1n) is 9.99. The van der Waals surface area contributed by atoms with Crippen LogP contribution in [0.15, 0.2) is 59.5 Å². The van der Waals surface area contributed by atoms with Gasteiger partial charge in [0.15, 0.2) is 5.75 Å². The zero-order valence-electron chi connectivity index (χ0n) is 17.2. The monoisotopic (exact) mass is 456 g/mol. The van der Waals surface area contributed by atoms with Crippen LogP contribution in [0.5, 0.6) is 5.75 Å². The largest absolute Gasteiger partial charge is 0.491 e. The average molecular weight is 457 g/mol. The van der Waals surface area contributed by atoms with Crippen molar-refractivity contribution in [2.24, 2.45) is 7.05 Å². The van der Waals surface area contributed by atoms with E-state index in [0.29, 0.717) is 10.0 Å². The van der Waals surface area contributed by atoms with E-state index < -0.39 is 0 Å². The van der Waals surface area contributed by atoms with Crippen molar-refractivity contribution in [1.29, 1.82) is 0 Å². The van der Waals surface area contributed by atoms with Crippen LogP contribution >= 0.6 is 23.2 Å². The maximum absolute atomic E-state index is 13.0. The van der Waals surface area contributed by atoms with Gasteiger partial charge < -0.3 is 14.6 Å². The number of halogens is 2. The molecule has 2 aromatic carbocycles. The molecule has 1 aliphatic rings. The van der Waals surface area contributed by atoms with Crippen molar-refractivity contribution >= 4 is 29.1 Å². The molecule has 0 fully saturated rings. The highest BCUT2D eigenvalue weighted by Gasteiger charge is 2.30. The summed E-state index contributed by atoms with van der Waals surface area (Å²) < 4.78 is 6.60. The summed E-state index contributed by atoms with van der Waals surface area (Å²) in [6, 6.07) is 15.2. The van der Waals surface area contributed by atoms with Gasteiger partial charge in [0.05, 0.1) is 28.8 Å². The summed E-state index contributed by atoms with van der Waals surface area (Å²) in [5, 5.41) is 4.15. The lowest BCUT2D eigenvalue weighted by Gasteiger charge is -2.32. The van der Waals surface area contributed by atoms with Crippen molar-refractivity contribution in [1.82, 2.24) is 9.88 Å². The molecule has 0 bridgehead atoms. The van der Waals surface area contributed by atoms with Gasteiger partial charge in [0.25, 0.3) is 11.5 Å². The standard InChI is InChI=1S/C24H22Cl2N2O3/c1-28-12-11-18(22(31-2)24(28)30)23(29)27-21-10-8-15(16-5-3-4-6-17(16)21)14-7-9-19(25)20(26)13-14/h3-7,9,11-13,15,21H,8,10H2,1-2H3,(H,27,29)/t15-,21-/m0/s1. The van der Waals surface area contributed by atoms with Crippen molar-refractivity contribution in [2.45, 2.75) is 24.8 Å². The van der Waals surface area contributed by atoms with Crippen LogP contribution in [0.25, 0.3) is 0 Å². The molecule has 31 heavy (non-hydrogen) atoms. The maximum Gasteiger partial charge on any atom is 0.293 e. The van der Waals surface area contributed by atoms with Gasteiger partial charge in [-0.3, -0.25) is 9.59 Å². The first kappa shape index (κ1) is 21.5. The van der Waals surface area contributed by atoms with Crippen LogP contribution in [-0.2, 0) is 7.05 Å². The predicted octanol–water partition coefficient (Wildman–Crippen LogP) is 5.10. The summed E-state index contributed by atoms with van der Waals surface area (Å²) in [5.74, 6) is -0.125. The third kappa shape index (κ3) is 4.08. The molecule has 0 unspecified atom stereocenters. The van der Waals surface area contributed by atoms with E-state index in [2.05, 4.69) is 11.4 Å². The summed E-state index contributed by atoms with van der Waals surface area (Å²) in [5.41, 5.74) is 3.18. The number of amides is 1. The SMILES string of the molecule is COc1c(C(=O)N[C@H]2CC[C@@H](c3ccc(Cl)c(Cl)c3)c3ccccc32)ccn(C)c1=O. The van der Waals surface area contributed by atoms with Crippen LogP contribution in [0.3, 0.4) is 0 Å². The second-order valence-electron chi connectivity index (χ2n) is 7.64. The fraction of sp³-hybridized carbons (Fsp3) is 0.250. The minimum absolute atomic E-state index is 0.0419. The molecule has 0 saturated heterocycles. The molecule has 4 rings (SSSR count). The lowest BCUT2D eigenvalue weighted by Crippen LogP contribution is -2.33. The van der Waals surface area contributed by atoms with Gasteiger partial charge in [-0.1, -0.05) is 53.5 Å². The second kappa shape index (κ2) is 8.77. The topological polar surface area (TPSA) is 60.3 Å². The van der Waals surface area contributed by atoms with Gasteiger partial charge in [-0.2, -0.15) is 0 Å². The molecule has 0 saturated carbocycles. The number of hydrogen-bond donors (Lipinski definition) is 1. The van der Waals surface area contributed by atoms with E-state index in [9.17, 15) is 9.59 Å². The van der Waals surface area contributed by atoms with Gasteiger partial charge in [0.2, 0.25) is 0 Å². The Labute approximate surface area is 190 Å². The lowest BCUT2D eigenvalue weighted by molar-refractivity contribution is 0.0928. The first-order valence-corrected chi connectivity index (χ1v) is 10.7. The summed E-state index contributed by atoms with van der Waals surface area (Å²) in [7, 11) is 3.01. The second-order valence-corrected chi connectivity index (χ2v) is 8.45. The molecule has 0 spiro atoms. The summed E-state index contributed by atoms with van der Waals surface area (Å²) in [4.78, 5) is 25.3. The number of nitrogens with one attached hydrogen (secondary N) is 1. The Hall–Kier alpha value is -2.76. The number of aryl methyl sites for hydroxylation is 1. The van der Waals surface area contributed by atoms with Crippen LogP contribution in [0.1, 0.15) is 51.8 Å². The van der Waals surface area contributed by atoms with E-state index in [4.69, 9.17) is 27.9 Å². The molecular formula is C24H22Cl2N2O3. The molecule has 1 heterocycles. The number of nitrogens with zero attached hydrogens (tertiary/aromatic N) is 1. The minimum Gasteiger partial charge on any atom is -0.491 e. The van der Waals surface area contributed by atoms with E-state index >= 15 is 0 Å². The Morgan fingerprint density at radius 1 is 1.06 bits per heavy atom. The Morgan fingerprint density at radius 2 is 1.81 bits per heavy atom. The van der Waals surface area contributed by atoms with E-state index in [1.54, 1.807) is 19.3 Å². The molecule has 1 N–H and O–H groups in total. The Kier molecular flexibility index (Phi) is 6.08. The number of ether oxygens (including phenoxy) is 1. The van der Waals surface area contributed by atoms with E-state index in [-0.39, 0.29) is 34.7 Å². The van der Waals surface area contributed by atoms with Crippen molar-refractivity contribution in [3.8, 4) is 5.75 Å². The average Bonchev–Trinajstić information content (AvgIpc) is 2.77. The molecule has 3 aromatic rings. The number of hydrogen-bond acceptors (Lipinski definition) is 3. The molecule has 0 aliphatic heterocycles. The van der Waals surface area contributed by atoms with Gasteiger partial charge in [0.1, 0.15) is 0 Å². The number of rotatable bonds is 4. The van der Waals surface area contributed by atoms with Crippen molar-refractivity contribution in [2.75, 3.05) is 7.11 Å². The molecule has 160 valence electrons. The van der Waals surface area contributed by atoms with Gasteiger partial charge >= 0.3 is 0 Å². The van der Waals surface area contributed by atoms with Gasteiger partial charge in [-0.05, 0) is 47.7 Å². The van der Waals surface area contributed by atoms with Gasteiger partial charge in [0, 0.05) is 19.2 Å². The van der Waals surface area contributed by atoms with Crippen LogP contribution in [-0.4, -0.2) is 17.6 Å². The molecule has 0 radical (unpaired) electrons. The fourth-order valence-electron chi connectivity index (χ4n) is 4.23. The number of fused-ring (bicyclic) bond motifs is 1. The van der Waals surface area contributed by atoms with E-state index in [0.717, 1.165) is 29.5 Å². The fourth-order valence-corrected chi connectivity index (χ4v) is 4.54. The number of benzene rings is 2. The van der Waals surface area contributed by atoms with Gasteiger partial charge in [-0.25, -0.2) is 0 Å². The Balaban J connectivity index is 1.65. The zero-order valence-corrected chi connectivity index (χ0v) is 18.7. The van der Waals surface area contributed by atoms with Crippen LogP contribution in [0.2, 0.25) is 10.0 Å². The highest BCUT2D eigenvalue weighted by Crippen LogP contribution is 2.42. The molecule has 1 aliphatic carbocycles. The maximum atomic E-state index is 13.0. The van der Waals surface area contributed by atoms with Crippen molar-refractivity contribution in [3.05, 3.63) is 97.4 Å². The molecule has 1 aromatic heterocycles.